The molecule has 0 fully saturated rings. The molecule has 0 radical (unpaired) electrons. The first kappa shape index (κ1) is 22.4. The van der Waals surface area contributed by atoms with Crippen LogP contribution in [0.1, 0.15) is 34.6 Å². The summed E-state index contributed by atoms with van der Waals surface area (Å²) in [5.41, 5.74) is 0.454. The van der Waals surface area contributed by atoms with Gasteiger partial charge < -0.3 is 15.4 Å². The van der Waals surface area contributed by atoms with Crippen molar-refractivity contribution in [2.24, 2.45) is 0 Å². The van der Waals surface area contributed by atoms with Crippen LogP contribution < -0.4 is 10.6 Å². The summed E-state index contributed by atoms with van der Waals surface area (Å²) in [6.45, 7) is 2.70. The summed E-state index contributed by atoms with van der Waals surface area (Å²) in [6.07, 6.45) is 1.72. The first-order valence-corrected chi connectivity index (χ1v) is 10.3. The molecule has 0 saturated heterocycles. The molecule has 29 heavy (non-hydrogen) atoms. The molecule has 4 amide bonds. The topological polar surface area (TPSA) is 122 Å². The number of carbonyl (C=O) groups excluding carboxylic acids is 5. The Kier molecular flexibility index (Phi) is 7.77. The first-order chi connectivity index (χ1) is 13.8. The lowest BCUT2D eigenvalue weighted by atomic mass is 10.1. The number of ether oxygens (including phenoxy) is 1. The van der Waals surface area contributed by atoms with Crippen LogP contribution in [0.15, 0.2) is 24.3 Å². The van der Waals surface area contributed by atoms with Crippen LogP contribution in [-0.2, 0) is 19.1 Å². The number of fused-ring (bicyclic) bond motifs is 1. The average Bonchev–Trinajstić information content (AvgIpc) is 2.93. The quantitative estimate of drug-likeness (QED) is 0.431. The third-order valence-electron chi connectivity index (χ3n) is 3.98. The second-order valence-electron chi connectivity index (χ2n) is 6.60. The fourth-order valence-corrected chi connectivity index (χ4v) is 3.33. The number of amides is 4. The van der Waals surface area contributed by atoms with Crippen LogP contribution >= 0.6 is 11.8 Å². The largest absolute Gasteiger partial charge is 0.454 e. The first-order valence-electron chi connectivity index (χ1n) is 8.94. The van der Waals surface area contributed by atoms with Crippen molar-refractivity contribution in [3.63, 3.8) is 0 Å². The third-order valence-corrected chi connectivity index (χ3v) is 4.62. The van der Waals surface area contributed by atoms with E-state index in [0.717, 1.165) is 4.90 Å². The van der Waals surface area contributed by atoms with E-state index in [9.17, 15) is 24.0 Å². The maximum atomic E-state index is 12.6. The van der Waals surface area contributed by atoms with Crippen molar-refractivity contribution in [3.8, 4) is 0 Å². The molecular formula is C19H23N3O6S. The van der Waals surface area contributed by atoms with Gasteiger partial charge in [0.15, 0.2) is 6.61 Å². The molecule has 0 saturated carbocycles. The molecule has 1 heterocycles. The summed E-state index contributed by atoms with van der Waals surface area (Å²) in [6, 6.07) is 5.09. The van der Waals surface area contributed by atoms with Gasteiger partial charge in [0.25, 0.3) is 17.7 Å². The highest BCUT2D eigenvalue weighted by atomic mass is 32.2. The molecular weight excluding hydrogens is 398 g/mol. The zero-order valence-corrected chi connectivity index (χ0v) is 17.2. The Morgan fingerprint density at radius 2 is 1.66 bits per heavy atom. The Morgan fingerprint density at radius 3 is 2.17 bits per heavy atom. The van der Waals surface area contributed by atoms with Crippen molar-refractivity contribution in [1.29, 1.82) is 0 Å². The predicted octanol–water partition coefficient (Wildman–Crippen LogP) is 0.198. The molecule has 1 aromatic rings. The lowest BCUT2D eigenvalue weighted by Gasteiger charge is -2.23. The second-order valence-corrected chi connectivity index (χ2v) is 7.51. The summed E-state index contributed by atoms with van der Waals surface area (Å²) < 4.78 is 5.00. The van der Waals surface area contributed by atoms with E-state index >= 15 is 0 Å². The van der Waals surface area contributed by atoms with Crippen LogP contribution in [0.4, 0.5) is 0 Å². The van der Waals surface area contributed by atoms with Gasteiger partial charge in [-0.3, -0.25) is 24.1 Å². The van der Waals surface area contributed by atoms with E-state index in [0.29, 0.717) is 0 Å². The molecule has 9 nitrogen and oxygen atoms in total. The minimum absolute atomic E-state index is 0.0656. The van der Waals surface area contributed by atoms with Crippen LogP contribution in [0.25, 0.3) is 0 Å². The molecule has 1 aromatic carbocycles. The number of rotatable bonds is 9. The van der Waals surface area contributed by atoms with Crippen molar-refractivity contribution in [2.75, 3.05) is 25.2 Å². The standard InChI is InChI=1S/C19H23N3O6S/c1-11(2)21-15(23)8-20-16(24)9-28-19(27)14(10-29-3)22-17(25)12-6-4-5-7-13(12)18(22)26/h4-7,11,14H,8-10H2,1-3H3,(H,20,24)(H,21,23)/t14-/m0/s1. The van der Waals surface area contributed by atoms with E-state index in [1.54, 1.807) is 32.2 Å². The highest BCUT2D eigenvalue weighted by molar-refractivity contribution is 7.98. The number of thioether (sulfide) groups is 1. The van der Waals surface area contributed by atoms with Crippen LogP contribution in [0.3, 0.4) is 0 Å². The maximum Gasteiger partial charge on any atom is 0.330 e. The molecule has 10 heteroatoms. The van der Waals surface area contributed by atoms with E-state index in [4.69, 9.17) is 4.74 Å². The van der Waals surface area contributed by atoms with Gasteiger partial charge in [-0.15, -0.1) is 0 Å². The van der Waals surface area contributed by atoms with Gasteiger partial charge in [0.1, 0.15) is 6.04 Å². The highest BCUT2D eigenvalue weighted by Gasteiger charge is 2.43. The minimum Gasteiger partial charge on any atom is -0.454 e. The zero-order chi connectivity index (χ0) is 21.6. The number of esters is 1. The molecule has 1 aliphatic rings. The van der Waals surface area contributed by atoms with Gasteiger partial charge >= 0.3 is 5.97 Å². The maximum absolute atomic E-state index is 12.6. The van der Waals surface area contributed by atoms with Crippen LogP contribution in [0.5, 0.6) is 0 Å². The van der Waals surface area contributed by atoms with Gasteiger partial charge in [0.2, 0.25) is 5.91 Å². The van der Waals surface area contributed by atoms with E-state index in [2.05, 4.69) is 10.6 Å². The van der Waals surface area contributed by atoms with Crippen molar-refractivity contribution in [3.05, 3.63) is 35.4 Å². The summed E-state index contributed by atoms with van der Waals surface area (Å²) in [5.74, 6) is -2.92. The molecule has 1 aliphatic heterocycles. The molecule has 2 N–H and O–H groups in total. The minimum atomic E-state index is -1.16. The van der Waals surface area contributed by atoms with Gasteiger partial charge in [-0.1, -0.05) is 12.1 Å². The van der Waals surface area contributed by atoms with Crippen LogP contribution in [0, 0.1) is 0 Å². The SMILES string of the molecule is CSC[C@@H](C(=O)OCC(=O)NCC(=O)NC(C)C)N1C(=O)c2ccccc2C1=O. The number of carbonyl (C=O) groups is 5. The van der Waals surface area contributed by atoms with E-state index in [1.165, 1.54) is 23.9 Å². The molecule has 0 spiro atoms. The number of imide groups is 1. The zero-order valence-electron chi connectivity index (χ0n) is 16.4. The number of hydrogen-bond acceptors (Lipinski definition) is 7. The Balaban J connectivity index is 1.97. The monoisotopic (exact) mass is 421 g/mol. The van der Waals surface area contributed by atoms with Crippen molar-refractivity contribution >= 4 is 41.4 Å². The summed E-state index contributed by atoms with van der Waals surface area (Å²) in [5, 5.41) is 4.94. The number of nitrogens with zero attached hydrogens (tertiary/aromatic N) is 1. The highest BCUT2D eigenvalue weighted by Crippen LogP contribution is 2.26. The van der Waals surface area contributed by atoms with E-state index in [1.807, 2.05) is 0 Å². The Morgan fingerprint density at radius 1 is 1.07 bits per heavy atom. The molecule has 0 aliphatic carbocycles. The van der Waals surface area contributed by atoms with Gasteiger partial charge in [0, 0.05) is 11.8 Å². The Bertz CT molecular complexity index is 791. The Hall–Kier alpha value is -2.88. The van der Waals surface area contributed by atoms with Gasteiger partial charge in [-0.25, -0.2) is 4.79 Å². The van der Waals surface area contributed by atoms with Crippen LogP contribution in [-0.4, -0.2) is 71.7 Å². The molecule has 0 bridgehead atoms. The number of nitrogens with one attached hydrogen (secondary N) is 2. The predicted molar refractivity (Wildman–Crippen MR) is 106 cm³/mol. The molecule has 2 rings (SSSR count). The normalized spacial score (nSPS) is 13.9. The summed E-state index contributed by atoms with van der Waals surface area (Å²) >= 11 is 1.26. The smallest absolute Gasteiger partial charge is 0.330 e. The fourth-order valence-electron chi connectivity index (χ4n) is 2.73. The van der Waals surface area contributed by atoms with Crippen LogP contribution in [0.2, 0.25) is 0 Å². The number of hydrogen-bond donors (Lipinski definition) is 2. The molecule has 0 unspecified atom stereocenters. The van der Waals surface area contributed by atoms with Crippen molar-refractivity contribution in [2.45, 2.75) is 25.9 Å². The lowest BCUT2D eigenvalue weighted by molar-refractivity contribution is -0.151. The van der Waals surface area contributed by atoms with Gasteiger partial charge in [-0.2, -0.15) is 11.8 Å². The van der Waals surface area contributed by atoms with E-state index in [-0.39, 0.29) is 35.4 Å². The van der Waals surface area contributed by atoms with E-state index < -0.39 is 36.3 Å². The van der Waals surface area contributed by atoms with Crippen molar-refractivity contribution in [1.82, 2.24) is 15.5 Å². The van der Waals surface area contributed by atoms with Crippen molar-refractivity contribution < 1.29 is 28.7 Å². The summed E-state index contributed by atoms with van der Waals surface area (Å²) in [4.78, 5) is 61.9. The molecule has 0 aromatic heterocycles. The molecule has 1 atom stereocenters. The lowest BCUT2D eigenvalue weighted by Crippen LogP contribution is -2.48. The molecule has 156 valence electrons. The van der Waals surface area contributed by atoms with Gasteiger partial charge in [0.05, 0.1) is 17.7 Å². The Labute approximate surface area is 172 Å². The number of benzene rings is 1. The van der Waals surface area contributed by atoms with Gasteiger partial charge in [-0.05, 0) is 32.2 Å². The summed E-state index contributed by atoms with van der Waals surface area (Å²) in [7, 11) is 0. The average molecular weight is 421 g/mol. The third kappa shape index (κ3) is 5.57. The fraction of sp³-hybridized carbons (Fsp3) is 0.421. The second kappa shape index (κ2) is 10.1.